The van der Waals surface area contributed by atoms with E-state index in [4.69, 9.17) is 0 Å². The molecule has 2 aromatic carbocycles. The molecular formula is C18H14N2O4S. The van der Waals surface area contributed by atoms with Crippen molar-refractivity contribution in [1.29, 1.82) is 0 Å². The minimum absolute atomic E-state index is 0.0920. The molecule has 1 N–H and O–H groups in total. The summed E-state index contributed by atoms with van der Waals surface area (Å²) in [6, 6.07) is 17.1. The van der Waals surface area contributed by atoms with Crippen molar-refractivity contribution >= 4 is 21.5 Å². The number of sulfonamides is 1. The fourth-order valence-electron chi connectivity index (χ4n) is 2.32. The number of nitrogens with zero attached hydrogens (tertiary/aromatic N) is 1. The molecule has 3 aromatic rings. The van der Waals surface area contributed by atoms with Crippen LogP contribution in [0.25, 0.3) is 0 Å². The Morgan fingerprint density at radius 1 is 0.920 bits per heavy atom. The molecule has 1 aromatic heterocycles. The van der Waals surface area contributed by atoms with Crippen molar-refractivity contribution in [2.75, 3.05) is 4.72 Å². The highest BCUT2D eigenvalue weighted by Gasteiger charge is 2.20. The number of aromatic nitrogens is 1. The maximum absolute atomic E-state index is 12.7. The molecule has 7 heteroatoms. The first kappa shape index (κ1) is 16.7. The molecule has 0 saturated heterocycles. The molecular weight excluding hydrogens is 340 g/mol. The summed E-state index contributed by atoms with van der Waals surface area (Å²) in [7, 11) is -3.83. The molecule has 0 amide bonds. The number of pyridine rings is 1. The van der Waals surface area contributed by atoms with Crippen molar-refractivity contribution in [3.63, 3.8) is 0 Å². The molecule has 0 fully saturated rings. The van der Waals surface area contributed by atoms with E-state index < -0.39 is 15.8 Å². The minimum Gasteiger partial charge on any atom is -0.619 e. The molecule has 0 aliphatic heterocycles. The van der Waals surface area contributed by atoms with Crippen molar-refractivity contribution in [3.05, 3.63) is 95.5 Å². The first-order valence-corrected chi connectivity index (χ1v) is 8.86. The topological polar surface area (TPSA) is 90.2 Å². The lowest BCUT2D eigenvalue weighted by Gasteiger charge is -2.12. The number of ketones is 1. The zero-order valence-electron chi connectivity index (χ0n) is 13.0. The van der Waals surface area contributed by atoms with Gasteiger partial charge >= 0.3 is 0 Å². The van der Waals surface area contributed by atoms with Gasteiger partial charge in [-0.3, -0.25) is 9.52 Å². The lowest BCUT2D eigenvalue weighted by molar-refractivity contribution is -0.605. The van der Waals surface area contributed by atoms with Crippen LogP contribution in [0.4, 0.5) is 5.69 Å². The molecule has 0 radical (unpaired) electrons. The summed E-state index contributed by atoms with van der Waals surface area (Å²) in [6.45, 7) is 0. The fourth-order valence-corrected chi connectivity index (χ4v) is 3.42. The number of carbonyl (C=O) groups is 1. The van der Waals surface area contributed by atoms with Gasteiger partial charge in [0, 0.05) is 11.6 Å². The van der Waals surface area contributed by atoms with E-state index in [1.807, 2.05) is 0 Å². The summed E-state index contributed by atoms with van der Waals surface area (Å²) in [6.07, 6.45) is 2.41. The van der Waals surface area contributed by atoms with Gasteiger partial charge in [-0.25, -0.2) is 8.42 Å². The zero-order chi connectivity index (χ0) is 17.9. The summed E-state index contributed by atoms with van der Waals surface area (Å²) in [5.41, 5.74) is 0.481. The number of nitrogens with one attached hydrogen (secondary N) is 1. The largest absolute Gasteiger partial charge is 0.619 e. The third-order valence-electron chi connectivity index (χ3n) is 3.51. The Morgan fingerprint density at radius 2 is 1.60 bits per heavy atom. The van der Waals surface area contributed by atoms with Crippen LogP contribution in [0.2, 0.25) is 0 Å². The lowest BCUT2D eigenvalue weighted by atomic mass is 10.0. The maximum atomic E-state index is 12.7. The first-order chi connectivity index (χ1) is 12.0. The standard InChI is InChI=1S/C18H14N2O4S/c21-18(14-7-6-12-20(22)13-14)16-10-4-5-11-17(16)19-25(23,24)15-8-2-1-3-9-15/h1-13,19H. The maximum Gasteiger partial charge on any atom is 0.261 e. The summed E-state index contributed by atoms with van der Waals surface area (Å²) in [5, 5.41) is 11.4. The third kappa shape index (κ3) is 3.67. The molecule has 0 saturated carbocycles. The number of carbonyl (C=O) groups excluding carboxylic acids is 1. The van der Waals surface area contributed by atoms with Crippen molar-refractivity contribution in [2.45, 2.75) is 4.90 Å². The van der Waals surface area contributed by atoms with Gasteiger partial charge in [-0.1, -0.05) is 30.3 Å². The monoisotopic (exact) mass is 354 g/mol. The second-order valence-corrected chi connectivity index (χ2v) is 6.93. The number of anilines is 1. The van der Waals surface area contributed by atoms with E-state index in [1.165, 1.54) is 42.6 Å². The van der Waals surface area contributed by atoms with Gasteiger partial charge in [-0.15, -0.1) is 0 Å². The van der Waals surface area contributed by atoms with E-state index in [0.29, 0.717) is 4.73 Å². The number of hydrogen-bond acceptors (Lipinski definition) is 4. The van der Waals surface area contributed by atoms with E-state index >= 15 is 0 Å². The van der Waals surface area contributed by atoms with Gasteiger partial charge in [-0.2, -0.15) is 4.73 Å². The van der Waals surface area contributed by atoms with Crippen LogP contribution >= 0.6 is 0 Å². The van der Waals surface area contributed by atoms with Gasteiger partial charge in [-0.05, 0) is 30.3 Å². The molecule has 3 rings (SSSR count). The number of para-hydroxylation sites is 1. The van der Waals surface area contributed by atoms with Crippen LogP contribution in [0.3, 0.4) is 0 Å². The molecule has 0 aliphatic rings. The highest BCUT2D eigenvalue weighted by molar-refractivity contribution is 7.92. The van der Waals surface area contributed by atoms with Crippen LogP contribution in [0, 0.1) is 5.21 Å². The van der Waals surface area contributed by atoms with Crippen LogP contribution in [0.15, 0.2) is 84.0 Å². The van der Waals surface area contributed by atoms with Gasteiger partial charge in [0.05, 0.1) is 16.1 Å². The van der Waals surface area contributed by atoms with E-state index in [1.54, 1.807) is 30.3 Å². The Morgan fingerprint density at radius 3 is 2.32 bits per heavy atom. The average molecular weight is 354 g/mol. The van der Waals surface area contributed by atoms with Crippen molar-refractivity contribution in [2.24, 2.45) is 0 Å². The second kappa shape index (κ2) is 6.74. The molecule has 25 heavy (non-hydrogen) atoms. The molecule has 0 bridgehead atoms. The van der Waals surface area contributed by atoms with Gasteiger partial charge in [0.25, 0.3) is 10.0 Å². The smallest absolute Gasteiger partial charge is 0.261 e. The lowest BCUT2D eigenvalue weighted by Crippen LogP contribution is -2.26. The third-order valence-corrected chi connectivity index (χ3v) is 4.89. The highest BCUT2D eigenvalue weighted by Crippen LogP contribution is 2.22. The molecule has 1 heterocycles. The first-order valence-electron chi connectivity index (χ1n) is 7.38. The quantitative estimate of drug-likeness (QED) is 0.433. The predicted molar refractivity (Wildman–Crippen MR) is 92.5 cm³/mol. The van der Waals surface area contributed by atoms with E-state index in [0.717, 1.165) is 6.20 Å². The zero-order valence-corrected chi connectivity index (χ0v) is 13.8. The predicted octanol–water partition coefficient (Wildman–Crippen LogP) is 2.35. The Bertz CT molecular complexity index is 1020. The van der Waals surface area contributed by atoms with Crippen molar-refractivity contribution < 1.29 is 17.9 Å². The summed E-state index contributed by atoms with van der Waals surface area (Å²) in [4.78, 5) is 12.7. The van der Waals surface area contributed by atoms with Crippen LogP contribution in [-0.2, 0) is 10.0 Å². The van der Waals surface area contributed by atoms with Crippen molar-refractivity contribution in [1.82, 2.24) is 0 Å². The van der Waals surface area contributed by atoms with Crippen molar-refractivity contribution in [3.8, 4) is 0 Å². The van der Waals surface area contributed by atoms with Crippen LogP contribution < -0.4 is 9.45 Å². The molecule has 126 valence electrons. The van der Waals surface area contributed by atoms with Gasteiger partial charge in [0.1, 0.15) is 0 Å². The van der Waals surface area contributed by atoms with E-state index in [2.05, 4.69) is 4.72 Å². The van der Waals surface area contributed by atoms with Gasteiger partial charge in [0.2, 0.25) is 5.78 Å². The Balaban J connectivity index is 1.98. The number of benzene rings is 2. The summed E-state index contributed by atoms with van der Waals surface area (Å²) < 4.78 is 27.9. The second-order valence-electron chi connectivity index (χ2n) is 5.25. The summed E-state index contributed by atoms with van der Waals surface area (Å²) >= 11 is 0. The molecule has 0 spiro atoms. The number of rotatable bonds is 5. The Hall–Kier alpha value is -3.19. The molecule has 0 unspecified atom stereocenters. The van der Waals surface area contributed by atoms with Gasteiger partial charge < -0.3 is 5.21 Å². The number of hydrogen-bond donors (Lipinski definition) is 1. The Kier molecular flexibility index (Phi) is 4.49. The van der Waals surface area contributed by atoms with Crippen LogP contribution in [-0.4, -0.2) is 14.2 Å². The van der Waals surface area contributed by atoms with Gasteiger partial charge in [0.15, 0.2) is 12.4 Å². The minimum atomic E-state index is -3.83. The SMILES string of the molecule is O=C(c1ccc[n+]([O-])c1)c1ccccc1NS(=O)(=O)c1ccccc1. The highest BCUT2D eigenvalue weighted by atomic mass is 32.2. The normalized spacial score (nSPS) is 11.0. The fraction of sp³-hybridized carbons (Fsp3) is 0. The summed E-state index contributed by atoms with van der Waals surface area (Å²) in [5.74, 6) is -0.448. The van der Waals surface area contributed by atoms with Crippen LogP contribution in [0.1, 0.15) is 15.9 Å². The molecule has 0 atom stereocenters. The average Bonchev–Trinajstić information content (AvgIpc) is 2.62. The Labute approximate surface area is 145 Å². The molecule has 0 aliphatic carbocycles. The molecule has 6 nitrogen and oxygen atoms in total. The van der Waals surface area contributed by atoms with E-state index in [9.17, 15) is 18.4 Å². The van der Waals surface area contributed by atoms with Crippen LogP contribution in [0.5, 0.6) is 0 Å². The van der Waals surface area contributed by atoms with E-state index in [-0.39, 0.29) is 21.7 Å².